The summed E-state index contributed by atoms with van der Waals surface area (Å²) in [7, 11) is 0. The van der Waals surface area contributed by atoms with Crippen molar-refractivity contribution in [1.82, 2.24) is 10.6 Å². The fraction of sp³-hybridized carbons (Fsp3) is 0.350. The topological polar surface area (TPSA) is 41.1 Å². The van der Waals surface area contributed by atoms with E-state index >= 15 is 0 Å². The Labute approximate surface area is 148 Å². The fourth-order valence-corrected chi connectivity index (χ4v) is 3.88. The largest absolute Gasteiger partial charge is 0.352 e. The van der Waals surface area contributed by atoms with Crippen molar-refractivity contribution in [1.29, 1.82) is 0 Å². The molecule has 0 saturated carbocycles. The van der Waals surface area contributed by atoms with E-state index in [4.69, 9.17) is 0 Å². The van der Waals surface area contributed by atoms with Crippen LogP contribution in [0.5, 0.6) is 0 Å². The van der Waals surface area contributed by atoms with Crippen molar-refractivity contribution in [2.45, 2.75) is 25.9 Å². The lowest BCUT2D eigenvalue weighted by Crippen LogP contribution is -2.41. The highest BCUT2D eigenvalue weighted by molar-refractivity contribution is 7.99. The van der Waals surface area contributed by atoms with Gasteiger partial charge in [0.1, 0.15) is 0 Å². The number of rotatable bonds is 5. The number of hydrogen-bond acceptors (Lipinski definition) is 3. The van der Waals surface area contributed by atoms with Gasteiger partial charge in [0, 0.05) is 37.1 Å². The summed E-state index contributed by atoms with van der Waals surface area (Å²) in [6, 6.07) is 17.2. The lowest BCUT2D eigenvalue weighted by atomic mass is 10.0. The molecular weight excluding hydrogens is 316 g/mol. The Kier molecular flexibility index (Phi) is 5.94. The zero-order valence-corrected chi connectivity index (χ0v) is 14.9. The van der Waals surface area contributed by atoms with Gasteiger partial charge in [-0.3, -0.25) is 4.79 Å². The van der Waals surface area contributed by atoms with Crippen LogP contribution in [-0.2, 0) is 11.3 Å². The zero-order valence-electron chi connectivity index (χ0n) is 14.0. The molecule has 1 saturated heterocycles. The minimum absolute atomic E-state index is 0.121. The molecule has 1 amide bonds. The molecule has 0 aliphatic carbocycles. The molecule has 3 nitrogen and oxygen atoms in total. The molecule has 1 fully saturated rings. The van der Waals surface area contributed by atoms with Gasteiger partial charge in [0.05, 0.1) is 0 Å². The second-order valence-electron chi connectivity index (χ2n) is 6.28. The average molecular weight is 340 g/mol. The Morgan fingerprint density at radius 2 is 2.00 bits per heavy atom. The van der Waals surface area contributed by atoms with Gasteiger partial charge in [-0.15, -0.1) is 0 Å². The van der Waals surface area contributed by atoms with E-state index in [-0.39, 0.29) is 5.91 Å². The Balaban J connectivity index is 1.57. The molecule has 1 unspecified atom stereocenters. The maximum absolute atomic E-state index is 12.1. The van der Waals surface area contributed by atoms with Gasteiger partial charge >= 0.3 is 0 Å². The molecular formula is C20H24N2OS. The van der Waals surface area contributed by atoms with Gasteiger partial charge < -0.3 is 10.6 Å². The third-order valence-corrected chi connectivity index (χ3v) is 5.33. The van der Waals surface area contributed by atoms with Crippen LogP contribution in [0.2, 0.25) is 0 Å². The lowest BCUT2D eigenvalue weighted by molar-refractivity contribution is -0.121. The summed E-state index contributed by atoms with van der Waals surface area (Å²) in [6.07, 6.45) is 0.560. The highest BCUT2D eigenvalue weighted by atomic mass is 32.2. The first kappa shape index (κ1) is 17.1. The minimum atomic E-state index is 0.121. The number of thioether (sulfide) groups is 1. The molecule has 0 spiro atoms. The molecule has 24 heavy (non-hydrogen) atoms. The van der Waals surface area contributed by atoms with Gasteiger partial charge in [-0.1, -0.05) is 48.0 Å². The van der Waals surface area contributed by atoms with E-state index in [0.29, 0.717) is 19.0 Å². The second kappa shape index (κ2) is 8.36. The number of amides is 1. The van der Waals surface area contributed by atoms with Crippen LogP contribution < -0.4 is 10.6 Å². The van der Waals surface area contributed by atoms with E-state index in [1.807, 2.05) is 11.8 Å². The number of carbonyl (C=O) groups is 1. The zero-order chi connectivity index (χ0) is 16.8. The van der Waals surface area contributed by atoms with E-state index in [1.165, 1.54) is 16.7 Å². The lowest BCUT2D eigenvalue weighted by Gasteiger charge is -2.22. The Morgan fingerprint density at radius 1 is 1.21 bits per heavy atom. The van der Waals surface area contributed by atoms with Crippen LogP contribution in [-0.4, -0.2) is 30.0 Å². The van der Waals surface area contributed by atoms with Crippen LogP contribution in [0.15, 0.2) is 48.5 Å². The van der Waals surface area contributed by atoms with E-state index in [9.17, 15) is 4.79 Å². The monoisotopic (exact) mass is 340 g/mol. The van der Waals surface area contributed by atoms with Crippen molar-refractivity contribution in [3.63, 3.8) is 0 Å². The summed E-state index contributed by atoms with van der Waals surface area (Å²) in [4.78, 5) is 12.1. The predicted molar refractivity (Wildman–Crippen MR) is 102 cm³/mol. The number of benzene rings is 2. The standard InChI is InChI=1S/C20H24N2OS/c1-15-4-2-6-17(10-15)18-7-3-5-16(11-18)13-22-20(23)12-19-14-24-9-8-21-19/h2-7,10-11,19,21H,8-9,12-14H2,1H3,(H,22,23). The second-order valence-corrected chi connectivity index (χ2v) is 7.43. The number of carbonyl (C=O) groups excluding carboxylic acids is 1. The van der Waals surface area contributed by atoms with Gasteiger partial charge in [-0.2, -0.15) is 11.8 Å². The predicted octanol–water partition coefficient (Wildman–Crippen LogP) is 3.37. The Hall–Kier alpha value is -1.78. The summed E-state index contributed by atoms with van der Waals surface area (Å²) in [6.45, 7) is 3.69. The first-order valence-electron chi connectivity index (χ1n) is 8.44. The smallest absolute Gasteiger partial charge is 0.221 e. The van der Waals surface area contributed by atoms with E-state index in [2.05, 4.69) is 66.1 Å². The summed E-state index contributed by atoms with van der Waals surface area (Å²) < 4.78 is 0. The van der Waals surface area contributed by atoms with Crippen molar-refractivity contribution < 1.29 is 4.79 Å². The number of hydrogen-bond donors (Lipinski definition) is 2. The number of nitrogens with one attached hydrogen (secondary N) is 2. The molecule has 1 heterocycles. The van der Waals surface area contributed by atoms with Crippen molar-refractivity contribution in [3.8, 4) is 11.1 Å². The molecule has 2 N–H and O–H groups in total. The SMILES string of the molecule is Cc1cccc(-c2cccc(CNC(=O)CC3CSCCN3)c2)c1. The molecule has 0 aromatic heterocycles. The third kappa shape index (κ3) is 4.86. The van der Waals surface area contributed by atoms with Crippen LogP contribution >= 0.6 is 11.8 Å². The van der Waals surface area contributed by atoms with Gasteiger partial charge in [-0.25, -0.2) is 0 Å². The molecule has 3 rings (SSSR count). The molecule has 2 aromatic carbocycles. The van der Waals surface area contributed by atoms with E-state index in [0.717, 1.165) is 23.6 Å². The third-order valence-electron chi connectivity index (χ3n) is 4.20. The molecule has 0 radical (unpaired) electrons. The molecule has 1 aliphatic rings. The van der Waals surface area contributed by atoms with Gasteiger partial charge in [0.25, 0.3) is 0 Å². The van der Waals surface area contributed by atoms with Crippen LogP contribution in [0.1, 0.15) is 17.5 Å². The Morgan fingerprint density at radius 3 is 2.75 bits per heavy atom. The highest BCUT2D eigenvalue weighted by Gasteiger charge is 2.16. The Bertz CT molecular complexity index is 696. The van der Waals surface area contributed by atoms with Crippen LogP contribution in [0.3, 0.4) is 0 Å². The fourth-order valence-electron chi connectivity index (χ4n) is 2.93. The van der Waals surface area contributed by atoms with Gasteiger partial charge in [-0.05, 0) is 29.7 Å². The summed E-state index contributed by atoms with van der Waals surface area (Å²) in [5.74, 6) is 2.29. The van der Waals surface area contributed by atoms with E-state index in [1.54, 1.807) is 0 Å². The molecule has 126 valence electrons. The summed E-state index contributed by atoms with van der Waals surface area (Å²) in [5.41, 5.74) is 4.79. The maximum Gasteiger partial charge on any atom is 0.221 e. The minimum Gasteiger partial charge on any atom is -0.352 e. The average Bonchev–Trinajstić information content (AvgIpc) is 2.61. The first-order valence-corrected chi connectivity index (χ1v) is 9.60. The highest BCUT2D eigenvalue weighted by Crippen LogP contribution is 2.21. The van der Waals surface area contributed by atoms with Gasteiger partial charge in [0.2, 0.25) is 5.91 Å². The van der Waals surface area contributed by atoms with Crippen molar-refractivity contribution in [2.24, 2.45) is 0 Å². The molecule has 4 heteroatoms. The quantitative estimate of drug-likeness (QED) is 0.877. The van der Waals surface area contributed by atoms with Crippen molar-refractivity contribution in [3.05, 3.63) is 59.7 Å². The summed E-state index contributed by atoms with van der Waals surface area (Å²) >= 11 is 1.92. The molecule has 0 bridgehead atoms. The maximum atomic E-state index is 12.1. The normalized spacial score (nSPS) is 17.5. The van der Waals surface area contributed by atoms with Gasteiger partial charge in [0.15, 0.2) is 0 Å². The molecule has 2 aromatic rings. The van der Waals surface area contributed by atoms with E-state index < -0.39 is 0 Å². The number of aryl methyl sites for hydroxylation is 1. The molecule has 1 atom stereocenters. The summed E-state index contributed by atoms with van der Waals surface area (Å²) in [5, 5.41) is 6.45. The van der Waals surface area contributed by atoms with Crippen LogP contribution in [0.25, 0.3) is 11.1 Å². The first-order chi connectivity index (χ1) is 11.7. The van der Waals surface area contributed by atoms with Crippen LogP contribution in [0.4, 0.5) is 0 Å². The van der Waals surface area contributed by atoms with Crippen LogP contribution in [0, 0.1) is 6.92 Å². The van der Waals surface area contributed by atoms with Crippen molar-refractivity contribution in [2.75, 3.05) is 18.1 Å². The molecule has 1 aliphatic heterocycles. The van der Waals surface area contributed by atoms with Crippen molar-refractivity contribution >= 4 is 17.7 Å².